The maximum Gasteiger partial charge on any atom is 0.315 e. The number of nitrogens with one attached hydrogen (secondary N) is 1. The molecule has 0 aromatic carbocycles. The fourth-order valence-corrected chi connectivity index (χ4v) is 4.79. The molecular formula is C16H16Cl2N2O3S. The lowest BCUT2D eigenvalue weighted by atomic mass is 9.96. The topological polar surface area (TPSA) is 79.2 Å². The maximum absolute atomic E-state index is 12.0. The molecule has 24 heavy (non-hydrogen) atoms. The van der Waals surface area contributed by atoms with Gasteiger partial charge in [-0.2, -0.15) is 5.26 Å². The van der Waals surface area contributed by atoms with E-state index in [1.165, 1.54) is 11.3 Å². The van der Waals surface area contributed by atoms with Crippen LogP contribution in [0.1, 0.15) is 42.2 Å². The first-order chi connectivity index (χ1) is 11.3. The molecule has 0 radical (unpaired) electrons. The normalized spacial score (nSPS) is 23.8. The van der Waals surface area contributed by atoms with E-state index in [9.17, 15) is 14.9 Å². The molecule has 0 saturated heterocycles. The maximum atomic E-state index is 12.0. The minimum atomic E-state index is -1.12. The van der Waals surface area contributed by atoms with Gasteiger partial charge in [-0.3, -0.25) is 9.59 Å². The summed E-state index contributed by atoms with van der Waals surface area (Å²) in [5, 5.41) is 12.6. The summed E-state index contributed by atoms with van der Waals surface area (Å²) in [6, 6.07) is 2.17. The molecule has 2 aliphatic rings. The number of nitriles is 1. The molecule has 5 nitrogen and oxygen atoms in total. The van der Waals surface area contributed by atoms with Gasteiger partial charge in [-0.05, 0) is 38.2 Å². The van der Waals surface area contributed by atoms with Gasteiger partial charge in [-0.1, -0.05) is 0 Å². The first-order valence-electron chi connectivity index (χ1n) is 7.68. The number of nitrogens with zero attached hydrogens (tertiary/aromatic N) is 1. The number of halogens is 2. The second kappa shape index (κ2) is 6.21. The third kappa shape index (κ3) is 3.01. The standard InChI is InChI=1S/C16H16Cl2N2O3S/c1-15(8-16(15,17)18)14(22)23-7-12(21)20-13-10(6-19)9-4-2-3-5-11(9)24-13/h2-5,7-8H2,1H3,(H,20,21)/t15-/m0/s1. The summed E-state index contributed by atoms with van der Waals surface area (Å²) < 4.78 is 3.89. The second-order valence-electron chi connectivity index (χ2n) is 6.36. The Labute approximate surface area is 153 Å². The van der Waals surface area contributed by atoms with Gasteiger partial charge in [0.1, 0.15) is 20.8 Å². The van der Waals surface area contributed by atoms with Gasteiger partial charge in [0, 0.05) is 11.3 Å². The molecule has 1 N–H and O–H groups in total. The number of alkyl halides is 2. The molecule has 1 amide bonds. The minimum Gasteiger partial charge on any atom is -0.455 e. The summed E-state index contributed by atoms with van der Waals surface area (Å²) in [6.45, 7) is 1.18. The van der Waals surface area contributed by atoms with Crippen LogP contribution in [-0.2, 0) is 27.2 Å². The van der Waals surface area contributed by atoms with Crippen LogP contribution < -0.4 is 5.32 Å². The zero-order valence-electron chi connectivity index (χ0n) is 13.1. The van der Waals surface area contributed by atoms with Crippen LogP contribution in [0.2, 0.25) is 0 Å². The molecule has 0 aliphatic heterocycles. The first kappa shape index (κ1) is 17.5. The Hall–Kier alpha value is -1.29. The Morgan fingerprint density at radius 3 is 2.67 bits per heavy atom. The van der Waals surface area contributed by atoms with Crippen LogP contribution in [0.4, 0.5) is 5.00 Å². The van der Waals surface area contributed by atoms with Crippen molar-refractivity contribution in [2.75, 3.05) is 11.9 Å². The minimum absolute atomic E-state index is 0.305. The van der Waals surface area contributed by atoms with Crippen molar-refractivity contribution in [1.82, 2.24) is 0 Å². The van der Waals surface area contributed by atoms with Crippen LogP contribution in [0.25, 0.3) is 0 Å². The van der Waals surface area contributed by atoms with Gasteiger partial charge in [0.2, 0.25) is 0 Å². The van der Waals surface area contributed by atoms with Crippen LogP contribution in [-0.4, -0.2) is 22.8 Å². The average Bonchev–Trinajstić information content (AvgIpc) is 2.90. The highest BCUT2D eigenvalue weighted by atomic mass is 35.5. The van der Waals surface area contributed by atoms with E-state index < -0.39 is 28.2 Å². The molecule has 8 heteroatoms. The Morgan fingerprint density at radius 1 is 1.38 bits per heavy atom. The van der Waals surface area contributed by atoms with Crippen LogP contribution >= 0.6 is 34.5 Å². The second-order valence-corrected chi connectivity index (χ2v) is 8.95. The SMILES string of the molecule is C[C@@]1(C(=O)OCC(=O)Nc2sc3c(c2C#N)CCCC3)CC1(Cl)Cl. The van der Waals surface area contributed by atoms with Crippen LogP contribution in [0, 0.1) is 16.7 Å². The summed E-state index contributed by atoms with van der Waals surface area (Å²) in [5.74, 6) is -1.06. The monoisotopic (exact) mass is 386 g/mol. The van der Waals surface area contributed by atoms with Crippen molar-refractivity contribution >= 4 is 51.4 Å². The van der Waals surface area contributed by atoms with E-state index in [4.69, 9.17) is 27.9 Å². The third-order valence-electron chi connectivity index (χ3n) is 4.58. The Kier molecular flexibility index (Phi) is 4.54. The summed E-state index contributed by atoms with van der Waals surface area (Å²) >= 11 is 13.3. The fraction of sp³-hybridized carbons (Fsp3) is 0.562. The highest BCUT2D eigenvalue weighted by molar-refractivity contribution is 7.16. The van der Waals surface area contributed by atoms with Crippen molar-refractivity contribution in [2.24, 2.45) is 5.41 Å². The number of carbonyl (C=O) groups is 2. The van der Waals surface area contributed by atoms with E-state index in [2.05, 4.69) is 11.4 Å². The number of ether oxygens (including phenoxy) is 1. The fourth-order valence-electron chi connectivity index (χ4n) is 2.85. The third-order valence-corrected chi connectivity index (χ3v) is 6.89. The van der Waals surface area contributed by atoms with Gasteiger partial charge in [0.25, 0.3) is 5.91 Å². The molecule has 1 aromatic rings. The number of esters is 1. The highest BCUT2D eigenvalue weighted by Crippen LogP contribution is 2.64. The molecule has 1 heterocycles. The lowest BCUT2D eigenvalue weighted by Gasteiger charge is -2.11. The predicted molar refractivity (Wildman–Crippen MR) is 92.4 cm³/mol. The zero-order valence-corrected chi connectivity index (χ0v) is 15.4. The first-order valence-corrected chi connectivity index (χ1v) is 9.25. The number of hydrogen-bond donors (Lipinski definition) is 1. The predicted octanol–water partition coefficient (Wildman–Crippen LogP) is 3.56. The van der Waals surface area contributed by atoms with Gasteiger partial charge >= 0.3 is 5.97 Å². The molecular weight excluding hydrogens is 371 g/mol. The smallest absolute Gasteiger partial charge is 0.315 e. The van der Waals surface area contributed by atoms with Crippen LogP contribution in [0.3, 0.4) is 0 Å². The summed E-state index contributed by atoms with van der Waals surface area (Å²) in [5.41, 5.74) is 0.612. The molecule has 3 rings (SSSR count). The molecule has 128 valence electrons. The van der Waals surface area contributed by atoms with E-state index >= 15 is 0 Å². The molecule has 1 fully saturated rings. The van der Waals surface area contributed by atoms with Crippen molar-refractivity contribution < 1.29 is 14.3 Å². The number of aryl methyl sites for hydroxylation is 1. The largest absolute Gasteiger partial charge is 0.455 e. The van der Waals surface area contributed by atoms with Crippen molar-refractivity contribution in [3.63, 3.8) is 0 Å². The van der Waals surface area contributed by atoms with Crippen molar-refractivity contribution in [3.05, 3.63) is 16.0 Å². The van der Waals surface area contributed by atoms with E-state index in [-0.39, 0.29) is 0 Å². The lowest BCUT2D eigenvalue weighted by Crippen LogP contribution is -2.26. The Balaban J connectivity index is 1.61. The number of carbonyl (C=O) groups excluding carboxylic acids is 2. The Bertz CT molecular complexity index is 753. The number of fused-ring (bicyclic) bond motifs is 1. The van der Waals surface area contributed by atoms with Gasteiger partial charge in [0.05, 0.1) is 5.56 Å². The summed E-state index contributed by atoms with van der Waals surface area (Å²) in [7, 11) is 0. The highest BCUT2D eigenvalue weighted by Gasteiger charge is 2.69. The molecule has 0 bridgehead atoms. The van der Waals surface area contributed by atoms with E-state index in [1.54, 1.807) is 6.92 Å². The number of amides is 1. The quantitative estimate of drug-likeness (QED) is 0.633. The number of rotatable bonds is 4. The molecule has 2 aliphatic carbocycles. The number of anilines is 1. The molecule has 0 spiro atoms. The van der Waals surface area contributed by atoms with Crippen LogP contribution in [0.15, 0.2) is 0 Å². The lowest BCUT2D eigenvalue weighted by molar-refractivity contribution is -0.152. The molecule has 1 atom stereocenters. The summed E-state index contributed by atoms with van der Waals surface area (Å²) in [6.07, 6.45) is 4.26. The Morgan fingerprint density at radius 2 is 2.04 bits per heavy atom. The van der Waals surface area contributed by atoms with Gasteiger partial charge in [-0.15, -0.1) is 34.5 Å². The van der Waals surface area contributed by atoms with E-state index in [1.807, 2.05) is 0 Å². The van der Waals surface area contributed by atoms with E-state index in [0.29, 0.717) is 17.0 Å². The van der Waals surface area contributed by atoms with Crippen molar-refractivity contribution in [2.45, 2.75) is 43.4 Å². The number of thiophene rings is 1. The summed E-state index contributed by atoms with van der Waals surface area (Å²) in [4.78, 5) is 25.2. The van der Waals surface area contributed by atoms with E-state index in [0.717, 1.165) is 36.1 Å². The van der Waals surface area contributed by atoms with Gasteiger partial charge < -0.3 is 10.1 Å². The zero-order chi connectivity index (χ0) is 17.5. The van der Waals surface area contributed by atoms with Crippen molar-refractivity contribution in [1.29, 1.82) is 5.26 Å². The van der Waals surface area contributed by atoms with Gasteiger partial charge in [-0.25, -0.2) is 0 Å². The van der Waals surface area contributed by atoms with Crippen LogP contribution in [0.5, 0.6) is 0 Å². The molecule has 1 saturated carbocycles. The van der Waals surface area contributed by atoms with Crippen molar-refractivity contribution in [3.8, 4) is 6.07 Å². The average molecular weight is 387 g/mol. The number of hydrogen-bond acceptors (Lipinski definition) is 5. The molecule has 0 unspecified atom stereocenters. The van der Waals surface area contributed by atoms with Gasteiger partial charge in [0.15, 0.2) is 6.61 Å². The molecule has 1 aromatic heterocycles.